The first-order valence-corrected chi connectivity index (χ1v) is 7.71. The van der Waals surface area contributed by atoms with Crippen LogP contribution in [0, 0.1) is 27.7 Å². The number of hydrogen-bond donors (Lipinski definition) is 1. The van der Waals surface area contributed by atoms with Gasteiger partial charge in [0.25, 0.3) is 0 Å². The van der Waals surface area contributed by atoms with Gasteiger partial charge in [-0.3, -0.25) is 0 Å². The van der Waals surface area contributed by atoms with Crippen molar-refractivity contribution in [3.8, 4) is 0 Å². The number of benzene rings is 1. The van der Waals surface area contributed by atoms with Crippen LogP contribution in [0.5, 0.6) is 0 Å². The molecule has 1 N–H and O–H groups in total. The fourth-order valence-corrected chi connectivity index (χ4v) is 3.69. The van der Waals surface area contributed by atoms with E-state index >= 15 is 0 Å². The minimum absolute atomic E-state index is 0.313. The van der Waals surface area contributed by atoms with E-state index in [1.807, 2.05) is 11.3 Å². The number of hydrogen-bond acceptors (Lipinski definition) is 2. The number of rotatable bonds is 4. The van der Waals surface area contributed by atoms with Gasteiger partial charge in [0, 0.05) is 9.75 Å². The second-order valence-corrected chi connectivity index (χ2v) is 6.74. The van der Waals surface area contributed by atoms with Gasteiger partial charge in [-0.2, -0.15) is 0 Å². The summed E-state index contributed by atoms with van der Waals surface area (Å²) < 4.78 is 0. The fourth-order valence-electron chi connectivity index (χ4n) is 2.73. The quantitative estimate of drug-likeness (QED) is 0.853. The summed E-state index contributed by atoms with van der Waals surface area (Å²) in [5.41, 5.74) is 5.47. The molecule has 0 aliphatic heterocycles. The van der Waals surface area contributed by atoms with Crippen LogP contribution in [0.2, 0.25) is 0 Å². The van der Waals surface area contributed by atoms with Crippen molar-refractivity contribution in [2.75, 3.05) is 6.54 Å². The summed E-state index contributed by atoms with van der Waals surface area (Å²) >= 11 is 1.89. The Kier molecular flexibility index (Phi) is 4.43. The molecule has 2 aromatic rings. The van der Waals surface area contributed by atoms with E-state index in [0.29, 0.717) is 6.04 Å². The molecule has 1 aromatic heterocycles. The van der Waals surface area contributed by atoms with Gasteiger partial charge in [-0.25, -0.2) is 0 Å². The maximum atomic E-state index is 3.63. The van der Waals surface area contributed by atoms with Crippen LogP contribution >= 0.6 is 11.3 Å². The van der Waals surface area contributed by atoms with Crippen molar-refractivity contribution in [3.63, 3.8) is 0 Å². The zero-order valence-corrected chi connectivity index (χ0v) is 13.3. The van der Waals surface area contributed by atoms with E-state index < -0.39 is 0 Å². The molecule has 2 rings (SSSR count). The highest BCUT2D eigenvalue weighted by atomic mass is 32.1. The highest BCUT2D eigenvalue weighted by molar-refractivity contribution is 7.12. The second kappa shape index (κ2) is 5.89. The average molecular weight is 273 g/mol. The van der Waals surface area contributed by atoms with Crippen LogP contribution in [0.3, 0.4) is 0 Å². The van der Waals surface area contributed by atoms with Gasteiger partial charge in [0.15, 0.2) is 0 Å². The van der Waals surface area contributed by atoms with Crippen molar-refractivity contribution < 1.29 is 0 Å². The molecule has 1 heterocycles. The summed E-state index contributed by atoms with van der Waals surface area (Å²) in [4.78, 5) is 2.81. The van der Waals surface area contributed by atoms with Crippen molar-refractivity contribution in [3.05, 3.63) is 56.3 Å². The molecule has 0 bridgehead atoms. The summed E-state index contributed by atoms with van der Waals surface area (Å²) in [6.07, 6.45) is 0. The van der Waals surface area contributed by atoms with Crippen LogP contribution in [0.15, 0.2) is 24.3 Å². The minimum atomic E-state index is 0.313. The van der Waals surface area contributed by atoms with E-state index in [-0.39, 0.29) is 0 Å². The van der Waals surface area contributed by atoms with E-state index in [2.05, 4.69) is 64.2 Å². The SMILES string of the molecule is CCNC(c1cc(C)cc(C)c1)c1cc(C)sc1C. The average Bonchev–Trinajstić information content (AvgIpc) is 2.64. The van der Waals surface area contributed by atoms with Gasteiger partial charge in [0.05, 0.1) is 6.04 Å². The molecule has 0 radical (unpaired) electrons. The normalized spacial score (nSPS) is 12.7. The Balaban J connectivity index is 2.47. The minimum Gasteiger partial charge on any atom is -0.306 e. The molecule has 102 valence electrons. The van der Waals surface area contributed by atoms with Gasteiger partial charge in [-0.05, 0) is 51.4 Å². The molecule has 1 unspecified atom stereocenters. The van der Waals surface area contributed by atoms with E-state index in [4.69, 9.17) is 0 Å². The predicted molar refractivity (Wildman–Crippen MR) is 85.2 cm³/mol. The summed E-state index contributed by atoms with van der Waals surface area (Å²) in [5.74, 6) is 0. The maximum Gasteiger partial charge on any atom is 0.0587 e. The third-order valence-corrected chi connectivity index (χ3v) is 4.36. The predicted octanol–water partition coefficient (Wildman–Crippen LogP) is 4.68. The highest BCUT2D eigenvalue weighted by Crippen LogP contribution is 2.31. The lowest BCUT2D eigenvalue weighted by atomic mass is 9.96. The Labute approximate surface area is 120 Å². The molecule has 0 spiro atoms. The van der Waals surface area contributed by atoms with Gasteiger partial charge in [-0.1, -0.05) is 36.2 Å². The lowest BCUT2D eigenvalue weighted by molar-refractivity contribution is 0.629. The Morgan fingerprint density at radius 3 is 2.11 bits per heavy atom. The summed E-state index contributed by atoms with van der Waals surface area (Å²) in [5, 5.41) is 3.63. The van der Waals surface area contributed by atoms with Crippen LogP contribution in [0.4, 0.5) is 0 Å². The summed E-state index contributed by atoms with van der Waals surface area (Å²) in [6.45, 7) is 11.9. The van der Waals surface area contributed by atoms with E-state index in [1.54, 1.807) is 0 Å². The van der Waals surface area contributed by atoms with Crippen molar-refractivity contribution in [2.24, 2.45) is 0 Å². The first kappa shape index (κ1) is 14.3. The van der Waals surface area contributed by atoms with Crippen LogP contribution in [0.1, 0.15) is 45.0 Å². The van der Waals surface area contributed by atoms with E-state index in [0.717, 1.165) is 6.54 Å². The van der Waals surface area contributed by atoms with E-state index in [9.17, 15) is 0 Å². The zero-order chi connectivity index (χ0) is 14.0. The largest absolute Gasteiger partial charge is 0.306 e. The van der Waals surface area contributed by atoms with Crippen LogP contribution in [-0.2, 0) is 0 Å². The van der Waals surface area contributed by atoms with Crippen molar-refractivity contribution in [1.29, 1.82) is 0 Å². The number of thiophene rings is 1. The highest BCUT2D eigenvalue weighted by Gasteiger charge is 2.17. The molecular formula is C17H23NS. The van der Waals surface area contributed by atoms with Crippen molar-refractivity contribution in [1.82, 2.24) is 5.32 Å². The zero-order valence-electron chi connectivity index (χ0n) is 12.5. The standard InChI is InChI=1S/C17H23NS/c1-6-18-17(16-10-13(4)19-14(16)5)15-8-11(2)7-12(3)9-15/h7-10,17-18H,6H2,1-5H3. The molecule has 0 saturated heterocycles. The molecule has 0 amide bonds. The number of nitrogens with one attached hydrogen (secondary N) is 1. The molecule has 1 atom stereocenters. The second-order valence-electron chi connectivity index (χ2n) is 5.28. The lowest BCUT2D eigenvalue weighted by Crippen LogP contribution is -2.22. The molecular weight excluding hydrogens is 250 g/mol. The molecule has 0 fully saturated rings. The Morgan fingerprint density at radius 1 is 1.00 bits per heavy atom. The number of aryl methyl sites for hydroxylation is 4. The molecule has 1 aromatic carbocycles. The molecule has 0 aliphatic rings. The Morgan fingerprint density at radius 2 is 1.63 bits per heavy atom. The maximum absolute atomic E-state index is 3.63. The van der Waals surface area contributed by atoms with E-state index in [1.165, 1.54) is 32.0 Å². The van der Waals surface area contributed by atoms with Gasteiger partial charge >= 0.3 is 0 Å². The van der Waals surface area contributed by atoms with Gasteiger partial charge in [0.2, 0.25) is 0 Å². The van der Waals surface area contributed by atoms with Gasteiger partial charge in [-0.15, -0.1) is 11.3 Å². The Bertz CT molecular complexity index is 548. The first-order chi connectivity index (χ1) is 9.01. The van der Waals surface area contributed by atoms with Gasteiger partial charge in [0.1, 0.15) is 0 Å². The molecule has 1 nitrogen and oxygen atoms in total. The summed E-state index contributed by atoms with van der Waals surface area (Å²) in [7, 11) is 0. The molecule has 0 aliphatic carbocycles. The fraction of sp³-hybridized carbons (Fsp3) is 0.412. The molecule has 0 saturated carbocycles. The first-order valence-electron chi connectivity index (χ1n) is 6.89. The third kappa shape index (κ3) is 3.26. The molecule has 2 heteroatoms. The monoisotopic (exact) mass is 273 g/mol. The third-order valence-electron chi connectivity index (χ3n) is 3.38. The van der Waals surface area contributed by atoms with Crippen LogP contribution < -0.4 is 5.32 Å². The Hall–Kier alpha value is -1.12. The van der Waals surface area contributed by atoms with Crippen molar-refractivity contribution >= 4 is 11.3 Å². The van der Waals surface area contributed by atoms with Gasteiger partial charge < -0.3 is 5.32 Å². The van der Waals surface area contributed by atoms with Crippen LogP contribution in [0.25, 0.3) is 0 Å². The topological polar surface area (TPSA) is 12.0 Å². The smallest absolute Gasteiger partial charge is 0.0587 e. The van der Waals surface area contributed by atoms with Crippen molar-refractivity contribution in [2.45, 2.75) is 40.7 Å². The lowest BCUT2D eigenvalue weighted by Gasteiger charge is -2.20. The summed E-state index contributed by atoms with van der Waals surface area (Å²) in [6, 6.07) is 9.47. The molecule has 19 heavy (non-hydrogen) atoms. The van der Waals surface area contributed by atoms with Crippen LogP contribution in [-0.4, -0.2) is 6.54 Å².